The lowest BCUT2D eigenvalue weighted by atomic mass is 10.1. The lowest BCUT2D eigenvalue weighted by Gasteiger charge is -2.30. The normalized spacial score (nSPS) is 15.2. The number of fused-ring (bicyclic) bond motifs is 1. The molecule has 110 valence electrons. The smallest absolute Gasteiger partial charge is 0.361 e. The number of rotatable bonds is 3. The van der Waals surface area contributed by atoms with E-state index in [1.165, 1.54) is 6.42 Å². The summed E-state index contributed by atoms with van der Waals surface area (Å²) in [4.78, 5) is 14.4. The molecule has 1 aromatic carbocycles. The second-order valence-corrected chi connectivity index (χ2v) is 5.18. The Labute approximate surface area is 123 Å². The van der Waals surface area contributed by atoms with Crippen LogP contribution in [0.5, 0.6) is 0 Å². The summed E-state index contributed by atoms with van der Waals surface area (Å²) in [5.74, 6) is -0.392. The van der Waals surface area contributed by atoms with Gasteiger partial charge in [-0.3, -0.25) is 0 Å². The number of nitrogens with zero attached hydrogens (tertiary/aromatic N) is 3. The number of hydrogen-bond donors (Lipinski definition) is 0. The van der Waals surface area contributed by atoms with E-state index in [0.717, 1.165) is 42.5 Å². The number of hydrogen-bond acceptors (Lipinski definition) is 5. The molecule has 0 unspecified atom stereocenters. The predicted molar refractivity (Wildman–Crippen MR) is 81.6 cm³/mol. The molecule has 1 saturated heterocycles. The van der Waals surface area contributed by atoms with Crippen LogP contribution in [0.4, 0.5) is 5.69 Å². The molecule has 0 amide bonds. The van der Waals surface area contributed by atoms with E-state index in [4.69, 9.17) is 4.74 Å². The highest BCUT2D eigenvalue weighted by Gasteiger charge is 2.24. The molecule has 2 heterocycles. The van der Waals surface area contributed by atoms with Gasteiger partial charge in [0, 0.05) is 18.5 Å². The molecule has 1 aliphatic rings. The molecule has 1 aliphatic heterocycles. The van der Waals surface area contributed by atoms with Crippen LogP contribution in [0.2, 0.25) is 0 Å². The molecule has 1 fully saturated rings. The van der Waals surface area contributed by atoms with Crippen molar-refractivity contribution < 1.29 is 9.53 Å². The van der Waals surface area contributed by atoms with Gasteiger partial charge < -0.3 is 9.64 Å². The number of ether oxygens (including phenoxy) is 1. The van der Waals surface area contributed by atoms with Gasteiger partial charge in [0.15, 0.2) is 5.69 Å². The van der Waals surface area contributed by atoms with Crippen LogP contribution in [0.3, 0.4) is 0 Å². The minimum absolute atomic E-state index is 0.331. The fraction of sp³-hybridized carbons (Fsp3) is 0.438. The van der Waals surface area contributed by atoms with Gasteiger partial charge in [-0.25, -0.2) is 4.79 Å². The van der Waals surface area contributed by atoms with Gasteiger partial charge in [0.05, 0.1) is 17.8 Å². The highest BCUT2D eigenvalue weighted by molar-refractivity contribution is 6.03. The first-order valence-electron chi connectivity index (χ1n) is 7.48. The number of carbonyl (C=O) groups excluding carboxylic acids is 1. The van der Waals surface area contributed by atoms with Gasteiger partial charge in [-0.2, -0.15) is 0 Å². The predicted octanol–water partition coefficient (Wildman–Crippen LogP) is 2.80. The van der Waals surface area contributed by atoms with E-state index in [-0.39, 0.29) is 0 Å². The molecule has 0 atom stereocenters. The van der Waals surface area contributed by atoms with Crippen molar-refractivity contribution >= 4 is 22.6 Å². The number of piperidine rings is 1. The van der Waals surface area contributed by atoms with Gasteiger partial charge in [-0.1, -0.05) is 18.2 Å². The Morgan fingerprint density at radius 2 is 1.95 bits per heavy atom. The summed E-state index contributed by atoms with van der Waals surface area (Å²) < 4.78 is 5.14. The molecule has 0 saturated carbocycles. The van der Waals surface area contributed by atoms with Crippen molar-refractivity contribution in [1.82, 2.24) is 10.2 Å². The zero-order valence-electron chi connectivity index (χ0n) is 12.2. The van der Waals surface area contributed by atoms with Crippen LogP contribution >= 0.6 is 0 Å². The maximum atomic E-state index is 12.2. The number of carbonyl (C=O) groups is 1. The molecular formula is C16H19N3O2. The molecular weight excluding hydrogens is 266 g/mol. The van der Waals surface area contributed by atoms with E-state index in [0.29, 0.717) is 12.3 Å². The van der Waals surface area contributed by atoms with Crippen molar-refractivity contribution in [2.45, 2.75) is 26.2 Å². The molecule has 0 bridgehead atoms. The van der Waals surface area contributed by atoms with Crippen LogP contribution in [0.25, 0.3) is 10.9 Å². The quantitative estimate of drug-likeness (QED) is 0.812. The Bertz CT molecular complexity index is 651. The third-order valence-corrected chi connectivity index (χ3v) is 3.78. The monoisotopic (exact) mass is 285 g/mol. The standard InChI is InChI=1S/C16H19N3O2/c1-2-21-16(20)14-15(19-10-6-3-7-11-19)12-8-4-5-9-13(12)17-18-14/h4-5,8-9H,2-3,6-7,10-11H2,1H3. The largest absolute Gasteiger partial charge is 0.461 e. The topological polar surface area (TPSA) is 55.3 Å². The maximum Gasteiger partial charge on any atom is 0.361 e. The number of benzene rings is 1. The van der Waals surface area contributed by atoms with Crippen LogP contribution < -0.4 is 4.90 Å². The summed E-state index contributed by atoms with van der Waals surface area (Å²) in [5.41, 5.74) is 2.02. The van der Waals surface area contributed by atoms with Crippen molar-refractivity contribution in [1.29, 1.82) is 0 Å². The molecule has 0 radical (unpaired) electrons. The molecule has 0 N–H and O–H groups in total. The fourth-order valence-corrected chi connectivity index (χ4v) is 2.81. The molecule has 5 heteroatoms. The Morgan fingerprint density at radius 3 is 2.71 bits per heavy atom. The third-order valence-electron chi connectivity index (χ3n) is 3.78. The number of anilines is 1. The molecule has 0 spiro atoms. The van der Waals surface area contributed by atoms with Gasteiger partial charge in [-0.15, -0.1) is 10.2 Å². The summed E-state index contributed by atoms with van der Waals surface area (Å²) in [5, 5.41) is 9.27. The summed E-state index contributed by atoms with van der Waals surface area (Å²) in [6.07, 6.45) is 3.51. The third kappa shape index (κ3) is 2.68. The van der Waals surface area contributed by atoms with E-state index in [1.807, 2.05) is 24.3 Å². The fourth-order valence-electron chi connectivity index (χ4n) is 2.81. The number of aromatic nitrogens is 2. The Hall–Kier alpha value is -2.17. The summed E-state index contributed by atoms with van der Waals surface area (Å²) in [6, 6.07) is 7.81. The van der Waals surface area contributed by atoms with Gasteiger partial charge in [0.1, 0.15) is 0 Å². The van der Waals surface area contributed by atoms with Gasteiger partial charge in [0.2, 0.25) is 0 Å². The first-order valence-corrected chi connectivity index (χ1v) is 7.48. The van der Waals surface area contributed by atoms with E-state index < -0.39 is 5.97 Å². The van der Waals surface area contributed by atoms with Crippen LogP contribution in [0, 0.1) is 0 Å². The second-order valence-electron chi connectivity index (χ2n) is 5.18. The molecule has 2 aromatic rings. The zero-order chi connectivity index (χ0) is 14.7. The SMILES string of the molecule is CCOC(=O)c1nnc2ccccc2c1N1CCCCC1. The molecule has 3 rings (SSSR count). The highest BCUT2D eigenvalue weighted by atomic mass is 16.5. The minimum Gasteiger partial charge on any atom is -0.461 e. The Morgan fingerprint density at radius 1 is 1.19 bits per heavy atom. The summed E-state index contributed by atoms with van der Waals surface area (Å²) in [7, 11) is 0. The maximum absolute atomic E-state index is 12.2. The van der Waals surface area contributed by atoms with Crippen LogP contribution in [0.15, 0.2) is 24.3 Å². The van der Waals surface area contributed by atoms with Crippen LogP contribution in [-0.4, -0.2) is 35.9 Å². The van der Waals surface area contributed by atoms with Gasteiger partial charge in [-0.05, 0) is 32.3 Å². The second kappa shape index (κ2) is 6.08. The van der Waals surface area contributed by atoms with Crippen molar-refractivity contribution in [2.75, 3.05) is 24.6 Å². The van der Waals surface area contributed by atoms with Crippen molar-refractivity contribution in [3.05, 3.63) is 30.0 Å². The lowest BCUT2D eigenvalue weighted by molar-refractivity contribution is 0.0519. The van der Waals surface area contributed by atoms with Crippen LogP contribution in [0.1, 0.15) is 36.7 Å². The number of esters is 1. The zero-order valence-corrected chi connectivity index (χ0v) is 12.2. The average molecular weight is 285 g/mol. The van der Waals surface area contributed by atoms with E-state index in [2.05, 4.69) is 15.1 Å². The highest BCUT2D eigenvalue weighted by Crippen LogP contribution is 2.30. The molecule has 5 nitrogen and oxygen atoms in total. The summed E-state index contributed by atoms with van der Waals surface area (Å²) >= 11 is 0. The Kier molecular flexibility index (Phi) is 3.99. The summed E-state index contributed by atoms with van der Waals surface area (Å²) in [6.45, 7) is 4.03. The van der Waals surface area contributed by atoms with Crippen molar-refractivity contribution in [3.8, 4) is 0 Å². The first kappa shape index (κ1) is 13.8. The Balaban J connectivity index is 2.14. The van der Waals surface area contributed by atoms with Crippen molar-refractivity contribution in [2.24, 2.45) is 0 Å². The van der Waals surface area contributed by atoms with E-state index >= 15 is 0 Å². The van der Waals surface area contributed by atoms with Gasteiger partial charge in [0.25, 0.3) is 0 Å². The van der Waals surface area contributed by atoms with E-state index in [1.54, 1.807) is 6.92 Å². The minimum atomic E-state index is -0.392. The lowest BCUT2D eigenvalue weighted by Crippen LogP contribution is -2.31. The van der Waals surface area contributed by atoms with Gasteiger partial charge >= 0.3 is 5.97 Å². The van der Waals surface area contributed by atoms with Crippen molar-refractivity contribution in [3.63, 3.8) is 0 Å². The molecule has 1 aromatic heterocycles. The first-order chi connectivity index (χ1) is 10.3. The van der Waals surface area contributed by atoms with E-state index in [9.17, 15) is 4.79 Å². The van der Waals surface area contributed by atoms with Crippen LogP contribution in [-0.2, 0) is 4.74 Å². The molecule has 21 heavy (non-hydrogen) atoms. The average Bonchev–Trinajstić information content (AvgIpc) is 2.55. The molecule has 0 aliphatic carbocycles.